The van der Waals surface area contributed by atoms with Crippen molar-refractivity contribution in [2.75, 3.05) is 38.6 Å². The molecule has 0 aliphatic carbocycles. The first-order valence-electron chi connectivity index (χ1n) is 11.7. The number of piperazine rings is 1. The van der Waals surface area contributed by atoms with Gasteiger partial charge < -0.3 is 15.0 Å². The predicted octanol–water partition coefficient (Wildman–Crippen LogP) is 3.85. The Labute approximate surface area is 210 Å². The van der Waals surface area contributed by atoms with E-state index in [4.69, 9.17) is 26.3 Å². The summed E-state index contributed by atoms with van der Waals surface area (Å²) in [4.78, 5) is 38.8. The average Bonchev–Trinajstić information content (AvgIpc) is 2.86. The van der Waals surface area contributed by atoms with Crippen molar-refractivity contribution in [3.05, 3.63) is 64.9 Å². The summed E-state index contributed by atoms with van der Waals surface area (Å²) in [6, 6.07) is 14.3. The van der Waals surface area contributed by atoms with E-state index in [0.29, 0.717) is 55.0 Å². The van der Waals surface area contributed by atoms with E-state index < -0.39 is 6.04 Å². The van der Waals surface area contributed by atoms with Crippen molar-refractivity contribution in [2.45, 2.75) is 26.4 Å². The van der Waals surface area contributed by atoms with Crippen LogP contribution >= 0.6 is 11.6 Å². The lowest BCUT2D eigenvalue weighted by Gasteiger charge is -2.34. The van der Waals surface area contributed by atoms with Crippen molar-refractivity contribution < 1.29 is 14.3 Å². The van der Waals surface area contributed by atoms with Crippen LogP contribution in [0.4, 0.5) is 5.82 Å². The van der Waals surface area contributed by atoms with Gasteiger partial charge in [0, 0.05) is 42.2 Å². The van der Waals surface area contributed by atoms with E-state index in [1.54, 1.807) is 24.3 Å². The maximum Gasteiger partial charge on any atom is 0.328 e. The molecule has 1 N–H and O–H groups in total. The van der Waals surface area contributed by atoms with Crippen molar-refractivity contribution in [2.24, 2.45) is 5.92 Å². The number of nitrogens with one attached hydrogen (secondary N) is 1. The van der Waals surface area contributed by atoms with E-state index in [1.807, 2.05) is 43.0 Å². The topological polar surface area (TPSA) is 87.7 Å². The first-order valence-corrected chi connectivity index (χ1v) is 12.1. The number of anilines is 1. The van der Waals surface area contributed by atoms with Gasteiger partial charge in [-0.2, -0.15) is 0 Å². The minimum absolute atomic E-state index is 0.0110. The van der Waals surface area contributed by atoms with Crippen LogP contribution in [0.25, 0.3) is 10.9 Å². The molecule has 1 saturated heterocycles. The Morgan fingerprint density at radius 3 is 2.49 bits per heavy atom. The van der Waals surface area contributed by atoms with Gasteiger partial charge in [0.2, 0.25) is 0 Å². The molecule has 0 unspecified atom stereocenters. The molecule has 2 heterocycles. The number of carbonyl (C=O) groups is 2. The highest BCUT2D eigenvalue weighted by molar-refractivity contribution is 6.30. The molecule has 2 aromatic carbocycles. The monoisotopic (exact) mass is 495 g/mol. The van der Waals surface area contributed by atoms with Crippen LogP contribution in [-0.4, -0.2) is 71.0 Å². The lowest BCUT2D eigenvalue weighted by Crippen LogP contribution is -2.48. The standard InChI is InChI=1S/C26H30ClN5O3/c1-17(2)23(26(34)35-3)30-24-20-9-4-5-10-21(20)28-22(29-24)16-31-11-13-32(14-12-31)25(33)18-7-6-8-19(27)15-18/h4-10,15,17,23H,11-14,16H2,1-3H3,(H,28,29,30)/t23-/m0/s1. The van der Waals surface area contributed by atoms with Gasteiger partial charge in [-0.05, 0) is 36.2 Å². The molecule has 1 amide bonds. The summed E-state index contributed by atoms with van der Waals surface area (Å²) in [6.45, 7) is 7.11. The number of fused-ring (bicyclic) bond motifs is 1. The minimum atomic E-state index is -0.521. The summed E-state index contributed by atoms with van der Waals surface area (Å²) in [6.07, 6.45) is 0. The summed E-state index contributed by atoms with van der Waals surface area (Å²) < 4.78 is 4.98. The molecule has 1 fully saturated rings. The molecule has 4 rings (SSSR count). The smallest absolute Gasteiger partial charge is 0.328 e. The highest BCUT2D eigenvalue weighted by atomic mass is 35.5. The second-order valence-electron chi connectivity index (χ2n) is 8.97. The molecule has 1 aliphatic heterocycles. The molecule has 9 heteroatoms. The highest BCUT2D eigenvalue weighted by Crippen LogP contribution is 2.23. The third kappa shape index (κ3) is 5.89. The van der Waals surface area contributed by atoms with Crippen molar-refractivity contribution in [3.8, 4) is 0 Å². The molecule has 1 atom stereocenters. The van der Waals surface area contributed by atoms with Gasteiger partial charge in [-0.1, -0.05) is 43.6 Å². The third-order valence-electron chi connectivity index (χ3n) is 6.16. The molecule has 1 aliphatic rings. The first kappa shape index (κ1) is 24.9. The van der Waals surface area contributed by atoms with E-state index in [2.05, 4.69) is 10.2 Å². The van der Waals surface area contributed by atoms with E-state index in [9.17, 15) is 9.59 Å². The lowest BCUT2D eigenvalue weighted by molar-refractivity contribution is -0.142. The van der Waals surface area contributed by atoms with Gasteiger partial charge >= 0.3 is 5.97 Å². The highest BCUT2D eigenvalue weighted by Gasteiger charge is 2.26. The quantitative estimate of drug-likeness (QED) is 0.498. The van der Waals surface area contributed by atoms with Gasteiger partial charge in [0.1, 0.15) is 17.7 Å². The Hall–Kier alpha value is -3.23. The van der Waals surface area contributed by atoms with Crippen LogP contribution in [0.5, 0.6) is 0 Å². The second-order valence-corrected chi connectivity index (χ2v) is 9.41. The summed E-state index contributed by atoms with van der Waals surface area (Å²) in [7, 11) is 1.39. The number of hydrogen-bond donors (Lipinski definition) is 1. The van der Waals surface area contributed by atoms with E-state index >= 15 is 0 Å². The Morgan fingerprint density at radius 1 is 1.06 bits per heavy atom. The number of halogens is 1. The Bertz CT molecular complexity index is 1210. The van der Waals surface area contributed by atoms with E-state index in [-0.39, 0.29) is 17.8 Å². The Kier molecular flexibility index (Phi) is 7.83. The fourth-order valence-corrected chi connectivity index (χ4v) is 4.38. The van der Waals surface area contributed by atoms with Crippen molar-refractivity contribution in [3.63, 3.8) is 0 Å². The van der Waals surface area contributed by atoms with Crippen molar-refractivity contribution in [1.29, 1.82) is 0 Å². The maximum absolute atomic E-state index is 12.8. The number of nitrogens with zero attached hydrogens (tertiary/aromatic N) is 4. The van der Waals surface area contributed by atoms with Crippen LogP contribution in [-0.2, 0) is 16.1 Å². The van der Waals surface area contributed by atoms with Crippen LogP contribution in [0.15, 0.2) is 48.5 Å². The SMILES string of the molecule is COC(=O)[C@@H](Nc1nc(CN2CCN(C(=O)c3cccc(Cl)c3)CC2)nc2ccccc12)C(C)C. The number of ether oxygens (including phenoxy) is 1. The van der Waals surface area contributed by atoms with Gasteiger partial charge in [0.05, 0.1) is 19.2 Å². The fourth-order valence-electron chi connectivity index (χ4n) is 4.19. The molecule has 0 spiro atoms. The van der Waals surface area contributed by atoms with Crippen molar-refractivity contribution >= 4 is 40.2 Å². The molecule has 3 aromatic rings. The number of rotatable bonds is 7. The first-order chi connectivity index (χ1) is 16.9. The number of esters is 1. The van der Waals surface area contributed by atoms with Gasteiger partial charge in [-0.25, -0.2) is 14.8 Å². The molecule has 35 heavy (non-hydrogen) atoms. The summed E-state index contributed by atoms with van der Waals surface area (Å²) in [5, 5.41) is 4.69. The Morgan fingerprint density at radius 2 is 1.80 bits per heavy atom. The largest absolute Gasteiger partial charge is 0.467 e. The number of hydrogen-bond acceptors (Lipinski definition) is 7. The normalized spacial score (nSPS) is 15.3. The third-order valence-corrected chi connectivity index (χ3v) is 6.39. The van der Waals surface area contributed by atoms with E-state index in [1.165, 1.54) is 7.11 Å². The number of benzene rings is 2. The predicted molar refractivity (Wildman–Crippen MR) is 136 cm³/mol. The summed E-state index contributed by atoms with van der Waals surface area (Å²) in [5.74, 6) is 0.954. The average molecular weight is 496 g/mol. The van der Waals surface area contributed by atoms with Crippen LogP contribution < -0.4 is 5.32 Å². The van der Waals surface area contributed by atoms with Gasteiger partial charge in [-0.15, -0.1) is 0 Å². The van der Waals surface area contributed by atoms with Crippen LogP contribution in [0, 0.1) is 5.92 Å². The number of methoxy groups -OCH3 is 1. The zero-order valence-electron chi connectivity index (χ0n) is 20.2. The maximum atomic E-state index is 12.8. The minimum Gasteiger partial charge on any atom is -0.467 e. The zero-order chi connectivity index (χ0) is 24.9. The number of para-hydroxylation sites is 1. The number of aromatic nitrogens is 2. The molecule has 8 nitrogen and oxygen atoms in total. The molecule has 0 radical (unpaired) electrons. The fraction of sp³-hybridized carbons (Fsp3) is 0.385. The van der Waals surface area contributed by atoms with Gasteiger partial charge in [0.15, 0.2) is 0 Å². The van der Waals surface area contributed by atoms with Gasteiger partial charge in [0.25, 0.3) is 5.91 Å². The molecule has 1 aromatic heterocycles. The molecule has 184 valence electrons. The number of amides is 1. The summed E-state index contributed by atoms with van der Waals surface area (Å²) >= 11 is 6.05. The lowest BCUT2D eigenvalue weighted by atomic mass is 10.0. The molecule has 0 saturated carbocycles. The Balaban J connectivity index is 1.48. The van der Waals surface area contributed by atoms with Crippen LogP contribution in [0.3, 0.4) is 0 Å². The second kappa shape index (κ2) is 11.0. The number of carbonyl (C=O) groups excluding carboxylic acids is 2. The van der Waals surface area contributed by atoms with E-state index in [0.717, 1.165) is 10.9 Å². The van der Waals surface area contributed by atoms with Gasteiger partial charge in [-0.3, -0.25) is 9.69 Å². The molecular formula is C26H30ClN5O3. The zero-order valence-corrected chi connectivity index (χ0v) is 21.0. The van der Waals surface area contributed by atoms with Crippen LogP contribution in [0.2, 0.25) is 5.02 Å². The molecular weight excluding hydrogens is 466 g/mol. The van der Waals surface area contributed by atoms with Crippen LogP contribution in [0.1, 0.15) is 30.0 Å². The summed E-state index contributed by atoms with van der Waals surface area (Å²) in [5.41, 5.74) is 1.41. The molecule has 0 bridgehead atoms. The van der Waals surface area contributed by atoms with Crippen molar-refractivity contribution in [1.82, 2.24) is 19.8 Å².